The third-order valence-electron chi connectivity index (χ3n) is 3.92. The molecule has 0 atom stereocenters. The lowest BCUT2D eigenvalue weighted by Crippen LogP contribution is -2.37. The molecule has 28 heavy (non-hydrogen) atoms. The van der Waals surface area contributed by atoms with Crippen molar-refractivity contribution in [3.63, 3.8) is 0 Å². The Hall–Kier alpha value is -1.51. The molecule has 0 heterocycles. The maximum absolute atomic E-state index is 11.9. The molecule has 2 aromatic carbocycles. The molecule has 2 N–H and O–H groups in total. The highest BCUT2D eigenvalue weighted by atomic mass is 127. The van der Waals surface area contributed by atoms with Crippen LogP contribution in [0.2, 0.25) is 10.0 Å². The van der Waals surface area contributed by atoms with Crippen molar-refractivity contribution in [2.75, 3.05) is 27.7 Å². The molecule has 0 aliphatic rings. The summed E-state index contributed by atoms with van der Waals surface area (Å²) in [5.74, 6) is 0.699. The van der Waals surface area contributed by atoms with Gasteiger partial charge in [0.15, 0.2) is 5.96 Å². The second-order valence-corrected chi connectivity index (χ2v) is 7.15. The van der Waals surface area contributed by atoms with Crippen molar-refractivity contribution in [2.45, 2.75) is 13.0 Å². The van der Waals surface area contributed by atoms with E-state index in [0.29, 0.717) is 34.7 Å². The Balaban J connectivity index is 0.00000392. The van der Waals surface area contributed by atoms with Gasteiger partial charge in [0.1, 0.15) is 0 Å². The summed E-state index contributed by atoms with van der Waals surface area (Å²) in [6, 6.07) is 13.1. The van der Waals surface area contributed by atoms with Crippen LogP contribution in [0.5, 0.6) is 0 Å². The summed E-state index contributed by atoms with van der Waals surface area (Å²) < 4.78 is 0. The Morgan fingerprint density at radius 2 is 1.61 bits per heavy atom. The lowest BCUT2D eigenvalue weighted by Gasteiger charge is -2.13. The fourth-order valence-electron chi connectivity index (χ4n) is 2.51. The van der Waals surface area contributed by atoms with Gasteiger partial charge in [-0.05, 0) is 47.9 Å². The molecule has 152 valence electrons. The summed E-state index contributed by atoms with van der Waals surface area (Å²) in [7, 11) is 5.21. The zero-order chi connectivity index (χ0) is 19.8. The van der Waals surface area contributed by atoms with Crippen LogP contribution in [0, 0.1) is 0 Å². The van der Waals surface area contributed by atoms with Gasteiger partial charge in [0.25, 0.3) is 5.91 Å². The Morgan fingerprint density at radius 3 is 2.14 bits per heavy atom. The molecular formula is C20H25Cl2IN4O. The molecule has 0 radical (unpaired) electrons. The molecule has 5 nitrogen and oxygen atoms in total. The third-order valence-corrected chi connectivity index (χ3v) is 4.36. The molecule has 0 aromatic heterocycles. The minimum absolute atomic E-state index is 0. The molecule has 2 rings (SSSR count). The van der Waals surface area contributed by atoms with Crippen LogP contribution < -0.4 is 10.6 Å². The van der Waals surface area contributed by atoms with E-state index >= 15 is 0 Å². The number of carbonyl (C=O) groups excluding carboxylic acids is 1. The summed E-state index contributed by atoms with van der Waals surface area (Å²) in [5.41, 5.74) is 2.80. The highest BCUT2D eigenvalue weighted by molar-refractivity contribution is 14.0. The predicted molar refractivity (Wildman–Crippen MR) is 128 cm³/mol. The van der Waals surface area contributed by atoms with E-state index in [1.165, 1.54) is 0 Å². The summed E-state index contributed by atoms with van der Waals surface area (Å²) >= 11 is 12.0. The van der Waals surface area contributed by atoms with E-state index in [2.05, 4.69) is 15.6 Å². The Kier molecular flexibility index (Phi) is 10.6. The van der Waals surface area contributed by atoms with Gasteiger partial charge >= 0.3 is 0 Å². The zero-order valence-corrected chi connectivity index (χ0v) is 20.0. The van der Waals surface area contributed by atoms with Crippen molar-refractivity contribution >= 4 is 59.0 Å². The first-order valence-electron chi connectivity index (χ1n) is 8.59. The van der Waals surface area contributed by atoms with Gasteiger partial charge in [0.05, 0.1) is 0 Å². The van der Waals surface area contributed by atoms with Crippen molar-refractivity contribution in [3.8, 4) is 0 Å². The topological polar surface area (TPSA) is 56.7 Å². The van der Waals surface area contributed by atoms with E-state index in [4.69, 9.17) is 23.2 Å². The molecule has 2 aromatic rings. The number of carbonyl (C=O) groups is 1. The molecule has 0 aliphatic carbocycles. The van der Waals surface area contributed by atoms with E-state index in [0.717, 1.165) is 17.5 Å². The summed E-state index contributed by atoms with van der Waals surface area (Å²) in [5, 5.41) is 7.79. The lowest BCUT2D eigenvalue weighted by molar-refractivity contribution is 0.0827. The average molecular weight is 535 g/mol. The maximum atomic E-state index is 11.9. The average Bonchev–Trinajstić information content (AvgIpc) is 2.63. The largest absolute Gasteiger partial charge is 0.356 e. The summed E-state index contributed by atoms with van der Waals surface area (Å²) in [6.07, 6.45) is 0.780. The minimum atomic E-state index is -0.00638. The molecule has 0 bridgehead atoms. The van der Waals surface area contributed by atoms with Crippen LogP contribution in [-0.2, 0) is 13.0 Å². The van der Waals surface area contributed by atoms with Crippen LogP contribution in [-0.4, -0.2) is 44.5 Å². The number of nitrogens with one attached hydrogen (secondary N) is 2. The molecule has 0 aliphatic heterocycles. The van der Waals surface area contributed by atoms with Crippen molar-refractivity contribution in [1.82, 2.24) is 15.5 Å². The molecule has 0 unspecified atom stereocenters. The zero-order valence-electron chi connectivity index (χ0n) is 16.1. The first kappa shape index (κ1) is 24.5. The number of hydrogen-bond donors (Lipinski definition) is 2. The van der Waals surface area contributed by atoms with Crippen LogP contribution in [0.15, 0.2) is 47.5 Å². The van der Waals surface area contributed by atoms with Crippen LogP contribution >= 0.6 is 47.2 Å². The second kappa shape index (κ2) is 12.1. The van der Waals surface area contributed by atoms with Gasteiger partial charge in [-0.25, -0.2) is 0 Å². The fourth-order valence-corrected chi connectivity index (χ4v) is 3.08. The number of amides is 1. The number of guanidine groups is 1. The van der Waals surface area contributed by atoms with Crippen molar-refractivity contribution in [2.24, 2.45) is 4.99 Å². The highest BCUT2D eigenvalue weighted by Gasteiger charge is 2.07. The predicted octanol–water partition coefficient (Wildman–Crippen LogP) is 4.22. The maximum Gasteiger partial charge on any atom is 0.253 e. The summed E-state index contributed by atoms with van der Waals surface area (Å²) in [4.78, 5) is 17.7. The smallest absolute Gasteiger partial charge is 0.253 e. The van der Waals surface area contributed by atoms with Crippen LogP contribution in [0.25, 0.3) is 0 Å². The number of benzene rings is 2. The first-order chi connectivity index (χ1) is 12.9. The van der Waals surface area contributed by atoms with E-state index in [1.54, 1.807) is 32.1 Å². The Morgan fingerprint density at radius 1 is 1.00 bits per heavy atom. The molecule has 0 saturated carbocycles. The third kappa shape index (κ3) is 7.85. The molecule has 0 spiro atoms. The number of nitrogens with zero attached hydrogens (tertiary/aromatic N) is 2. The molecular weight excluding hydrogens is 510 g/mol. The van der Waals surface area contributed by atoms with Gasteiger partial charge in [-0.1, -0.05) is 35.3 Å². The van der Waals surface area contributed by atoms with Gasteiger partial charge in [0.2, 0.25) is 0 Å². The van der Waals surface area contributed by atoms with Crippen LogP contribution in [0.3, 0.4) is 0 Å². The van der Waals surface area contributed by atoms with Gasteiger partial charge in [-0.15, -0.1) is 24.0 Å². The lowest BCUT2D eigenvalue weighted by atomic mass is 10.1. The van der Waals surface area contributed by atoms with Gasteiger partial charge in [-0.3, -0.25) is 9.79 Å². The monoisotopic (exact) mass is 534 g/mol. The number of rotatable bonds is 6. The number of aliphatic imine (C=N–C) groups is 1. The van der Waals surface area contributed by atoms with E-state index in [1.807, 2.05) is 36.4 Å². The van der Waals surface area contributed by atoms with Crippen LogP contribution in [0.4, 0.5) is 0 Å². The van der Waals surface area contributed by atoms with E-state index in [-0.39, 0.29) is 29.9 Å². The number of hydrogen-bond acceptors (Lipinski definition) is 2. The minimum Gasteiger partial charge on any atom is -0.356 e. The molecule has 1 amide bonds. The Labute approximate surface area is 193 Å². The quantitative estimate of drug-likeness (QED) is 0.331. The fraction of sp³-hybridized carbons (Fsp3) is 0.300. The molecule has 0 fully saturated rings. The van der Waals surface area contributed by atoms with Crippen molar-refractivity contribution in [1.29, 1.82) is 0 Å². The summed E-state index contributed by atoms with van der Waals surface area (Å²) in [6.45, 7) is 1.31. The van der Waals surface area contributed by atoms with Gasteiger partial charge in [0, 0.05) is 49.8 Å². The highest BCUT2D eigenvalue weighted by Crippen LogP contribution is 2.19. The Bertz CT molecular complexity index is 790. The van der Waals surface area contributed by atoms with Gasteiger partial charge in [-0.2, -0.15) is 0 Å². The second-order valence-electron chi connectivity index (χ2n) is 6.28. The van der Waals surface area contributed by atoms with Crippen LogP contribution in [0.1, 0.15) is 21.5 Å². The molecule has 0 saturated heterocycles. The van der Waals surface area contributed by atoms with E-state index < -0.39 is 0 Å². The molecule has 8 heteroatoms. The first-order valence-corrected chi connectivity index (χ1v) is 9.34. The van der Waals surface area contributed by atoms with E-state index in [9.17, 15) is 4.79 Å². The van der Waals surface area contributed by atoms with Crippen molar-refractivity contribution < 1.29 is 4.79 Å². The SMILES string of the molecule is CN=C(NCCc1cc(Cl)cc(Cl)c1)NCc1ccc(C(=O)N(C)C)cc1.I. The normalized spacial score (nSPS) is 10.8. The standard InChI is InChI=1S/C20H24Cl2N4O.HI/c1-23-20(24-9-8-15-10-17(21)12-18(22)11-15)25-13-14-4-6-16(7-5-14)19(27)26(2)3;/h4-7,10-12H,8-9,13H2,1-3H3,(H2,23,24,25);1H. The van der Waals surface area contributed by atoms with Gasteiger partial charge < -0.3 is 15.5 Å². The number of halogens is 3. The van der Waals surface area contributed by atoms with Crippen molar-refractivity contribution in [3.05, 3.63) is 69.2 Å².